The molecule has 1 amide bonds. The van der Waals surface area contributed by atoms with Gasteiger partial charge in [-0.3, -0.25) is 4.79 Å². The maximum atomic E-state index is 12.3. The van der Waals surface area contributed by atoms with E-state index in [1.165, 1.54) is 38.5 Å². The first-order chi connectivity index (χ1) is 7.71. The van der Waals surface area contributed by atoms with Gasteiger partial charge in [-0.1, -0.05) is 12.8 Å². The number of nitrogens with zero attached hydrogens (tertiary/aromatic N) is 1. The lowest BCUT2D eigenvalue weighted by Gasteiger charge is -2.45. The first-order valence-corrected chi connectivity index (χ1v) is 6.81. The van der Waals surface area contributed by atoms with Crippen LogP contribution in [0.4, 0.5) is 0 Å². The second kappa shape index (κ2) is 3.73. The van der Waals surface area contributed by atoms with Gasteiger partial charge in [0.05, 0.1) is 5.54 Å². The van der Waals surface area contributed by atoms with Gasteiger partial charge in [0.25, 0.3) is 0 Å². The van der Waals surface area contributed by atoms with Gasteiger partial charge in [0.1, 0.15) is 0 Å². The van der Waals surface area contributed by atoms with Gasteiger partial charge in [-0.05, 0) is 44.4 Å². The Morgan fingerprint density at radius 3 is 2.56 bits per heavy atom. The van der Waals surface area contributed by atoms with Crippen molar-refractivity contribution in [2.24, 2.45) is 11.7 Å². The van der Waals surface area contributed by atoms with Crippen molar-refractivity contribution in [3.8, 4) is 0 Å². The van der Waals surface area contributed by atoms with Crippen LogP contribution in [0.5, 0.6) is 0 Å². The Morgan fingerprint density at radius 1 is 1.12 bits per heavy atom. The first-order valence-electron chi connectivity index (χ1n) is 6.81. The van der Waals surface area contributed by atoms with Crippen LogP contribution in [0.3, 0.4) is 0 Å². The normalized spacial score (nSPS) is 36.7. The molecule has 3 aliphatic rings. The van der Waals surface area contributed by atoms with Gasteiger partial charge in [-0.2, -0.15) is 0 Å². The maximum Gasteiger partial charge on any atom is 0.242 e. The molecule has 0 bridgehead atoms. The Balaban J connectivity index is 1.75. The molecule has 1 heterocycles. The van der Waals surface area contributed by atoms with Crippen LogP contribution in [0, 0.1) is 5.92 Å². The SMILES string of the molecule is NC1(C(=O)N2CCCC3CCCCC32)CC1. The van der Waals surface area contributed by atoms with Crippen molar-refractivity contribution in [1.29, 1.82) is 0 Å². The van der Waals surface area contributed by atoms with E-state index in [0.29, 0.717) is 6.04 Å². The largest absolute Gasteiger partial charge is 0.338 e. The highest BCUT2D eigenvalue weighted by Crippen LogP contribution is 2.40. The number of hydrogen-bond donors (Lipinski definition) is 1. The van der Waals surface area contributed by atoms with Crippen LogP contribution in [-0.4, -0.2) is 28.9 Å². The molecule has 3 fully saturated rings. The molecule has 3 rings (SSSR count). The average molecular weight is 222 g/mol. The smallest absolute Gasteiger partial charge is 0.242 e. The zero-order chi connectivity index (χ0) is 11.2. The minimum Gasteiger partial charge on any atom is -0.338 e. The van der Waals surface area contributed by atoms with Crippen molar-refractivity contribution in [1.82, 2.24) is 4.90 Å². The molecular weight excluding hydrogens is 200 g/mol. The lowest BCUT2D eigenvalue weighted by molar-refractivity contribution is -0.140. The molecular formula is C13H22N2O. The number of piperidine rings is 1. The van der Waals surface area contributed by atoms with E-state index in [1.807, 2.05) is 0 Å². The summed E-state index contributed by atoms with van der Waals surface area (Å²) in [5, 5.41) is 0. The standard InChI is InChI=1S/C13H22N2O/c14-13(7-8-13)12(16)15-9-3-5-10-4-1-2-6-11(10)15/h10-11H,1-9,14H2. The fourth-order valence-corrected chi connectivity index (χ4v) is 3.51. The van der Waals surface area contributed by atoms with E-state index in [4.69, 9.17) is 5.73 Å². The third kappa shape index (κ3) is 1.65. The third-order valence-corrected chi connectivity index (χ3v) is 4.72. The van der Waals surface area contributed by atoms with E-state index >= 15 is 0 Å². The number of nitrogens with two attached hydrogens (primary N) is 1. The molecule has 3 nitrogen and oxygen atoms in total. The Kier molecular flexibility index (Phi) is 2.46. The van der Waals surface area contributed by atoms with E-state index in [1.54, 1.807) is 0 Å². The Labute approximate surface area is 97.4 Å². The molecule has 0 aromatic carbocycles. The third-order valence-electron chi connectivity index (χ3n) is 4.72. The molecule has 16 heavy (non-hydrogen) atoms. The topological polar surface area (TPSA) is 46.3 Å². The van der Waals surface area contributed by atoms with Crippen LogP contribution in [-0.2, 0) is 4.79 Å². The predicted octanol–water partition coefficient (Wildman–Crippen LogP) is 1.66. The summed E-state index contributed by atoms with van der Waals surface area (Å²) in [5.74, 6) is 1.03. The summed E-state index contributed by atoms with van der Waals surface area (Å²) in [5.41, 5.74) is 5.59. The van der Waals surface area contributed by atoms with Crippen LogP contribution in [0.25, 0.3) is 0 Å². The highest BCUT2D eigenvalue weighted by atomic mass is 16.2. The number of fused-ring (bicyclic) bond motifs is 1. The summed E-state index contributed by atoms with van der Waals surface area (Å²) in [7, 11) is 0. The fraction of sp³-hybridized carbons (Fsp3) is 0.923. The summed E-state index contributed by atoms with van der Waals surface area (Å²) in [4.78, 5) is 14.5. The van der Waals surface area contributed by atoms with Gasteiger partial charge >= 0.3 is 0 Å². The monoisotopic (exact) mass is 222 g/mol. The summed E-state index contributed by atoms with van der Waals surface area (Å²) >= 11 is 0. The van der Waals surface area contributed by atoms with Crippen molar-refractivity contribution < 1.29 is 4.79 Å². The highest BCUT2D eigenvalue weighted by Gasteiger charge is 2.50. The molecule has 1 aliphatic heterocycles. The maximum absolute atomic E-state index is 12.3. The van der Waals surface area contributed by atoms with E-state index < -0.39 is 5.54 Å². The summed E-state index contributed by atoms with van der Waals surface area (Å²) in [6, 6.07) is 0.524. The minimum atomic E-state index is -0.459. The molecule has 2 saturated carbocycles. The number of carbonyl (C=O) groups excluding carboxylic acids is 1. The van der Waals surface area contributed by atoms with Gasteiger partial charge in [0.2, 0.25) is 5.91 Å². The number of carbonyl (C=O) groups is 1. The lowest BCUT2D eigenvalue weighted by Crippen LogP contribution is -2.55. The van der Waals surface area contributed by atoms with Crippen molar-refractivity contribution in [3.05, 3.63) is 0 Å². The van der Waals surface area contributed by atoms with Crippen molar-refractivity contribution >= 4 is 5.91 Å². The second-order valence-electron chi connectivity index (χ2n) is 5.91. The molecule has 2 aliphatic carbocycles. The summed E-state index contributed by atoms with van der Waals surface area (Å²) in [6.07, 6.45) is 9.51. The number of amides is 1. The van der Waals surface area contributed by atoms with Gasteiger partial charge in [0, 0.05) is 12.6 Å². The van der Waals surface area contributed by atoms with E-state index in [9.17, 15) is 4.79 Å². The molecule has 2 atom stereocenters. The van der Waals surface area contributed by atoms with Crippen LogP contribution in [0.2, 0.25) is 0 Å². The Bertz CT molecular complexity index is 296. The first kappa shape index (κ1) is 10.6. The molecule has 2 N–H and O–H groups in total. The molecule has 0 aromatic heterocycles. The molecule has 0 aromatic rings. The van der Waals surface area contributed by atoms with Gasteiger partial charge < -0.3 is 10.6 Å². The quantitative estimate of drug-likeness (QED) is 0.733. The van der Waals surface area contributed by atoms with Crippen LogP contribution < -0.4 is 5.73 Å². The number of hydrogen-bond acceptors (Lipinski definition) is 2. The van der Waals surface area contributed by atoms with Gasteiger partial charge in [0.15, 0.2) is 0 Å². The van der Waals surface area contributed by atoms with Crippen LogP contribution in [0.1, 0.15) is 51.4 Å². The second-order valence-corrected chi connectivity index (χ2v) is 5.91. The molecule has 1 saturated heterocycles. The van der Waals surface area contributed by atoms with E-state index in [2.05, 4.69) is 4.90 Å². The molecule has 3 heteroatoms. The average Bonchev–Trinajstić information content (AvgIpc) is 3.07. The summed E-state index contributed by atoms with van der Waals surface area (Å²) < 4.78 is 0. The molecule has 0 radical (unpaired) electrons. The minimum absolute atomic E-state index is 0.254. The van der Waals surface area contributed by atoms with Crippen LogP contribution in [0.15, 0.2) is 0 Å². The number of likely N-dealkylation sites (tertiary alicyclic amines) is 1. The Morgan fingerprint density at radius 2 is 1.81 bits per heavy atom. The summed E-state index contributed by atoms with van der Waals surface area (Å²) in [6.45, 7) is 0.957. The van der Waals surface area contributed by atoms with Gasteiger partial charge in [-0.25, -0.2) is 0 Å². The predicted molar refractivity (Wildman–Crippen MR) is 62.8 cm³/mol. The molecule has 90 valence electrons. The van der Waals surface area contributed by atoms with Crippen molar-refractivity contribution in [2.45, 2.75) is 62.9 Å². The lowest BCUT2D eigenvalue weighted by atomic mass is 9.78. The van der Waals surface area contributed by atoms with E-state index in [-0.39, 0.29) is 5.91 Å². The van der Waals surface area contributed by atoms with Crippen LogP contribution >= 0.6 is 0 Å². The van der Waals surface area contributed by atoms with Crippen molar-refractivity contribution in [2.75, 3.05) is 6.54 Å². The van der Waals surface area contributed by atoms with Crippen molar-refractivity contribution in [3.63, 3.8) is 0 Å². The zero-order valence-corrected chi connectivity index (χ0v) is 9.95. The molecule has 2 unspecified atom stereocenters. The molecule has 0 spiro atoms. The van der Waals surface area contributed by atoms with E-state index in [0.717, 1.165) is 25.3 Å². The van der Waals surface area contributed by atoms with Gasteiger partial charge in [-0.15, -0.1) is 0 Å². The fourth-order valence-electron chi connectivity index (χ4n) is 3.51. The highest BCUT2D eigenvalue weighted by molar-refractivity contribution is 5.89. The zero-order valence-electron chi connectivity index (χ0n) is 9.95. The number of rotatable bonds is 1. The Hall–Kier alpha value is -0.570.